The van der Waals surface area contributed by atoms with Crippen LogP contribution in [0.2, 0.25) is 0 Å². The highest BCUT2D eigenvalue weighted by molar-refractivity contribution is 5.99. The number of hydrogen-bond acceptors (Lipinski definition) is 6. The lowest BCUT2D eigenvalue weighted by molar-refractivity contribution is -0.142. The maximum atomic E-state index is 13.1. The van der Waals surface area contributed by atoms with Gasteiger partial charge in [-0.25, -0.2) is 14.8 Å². The van der Waals surface area contributed by atoms with E-state index in [1.165, 1.54) is 4.90 Å². The number of unbranched alkanes of at least 4 members (excludes halogenated alkanes) is 2. The predicted molar refractivity (Wildman–Crippen MR) is 115 cm³/mol. The van der Waals surface area contributed by atoms with Crippen molar-refractivity contribution in [3.8, 4) is 0 Å². The Kier molecular flexibility index (Phi) is 6.67. The van der Waals surface area contributed by atoms with Crippen molar-refractivity contribution in [2.24, 2.45) is 11.8 Å². The number of amides is 4. The number of urea groups is 1. The largest absolute Gasteiger partial charge is 0.339 e. The maximum absolute atomic E-state index is 13.1. The highest BCUT2D eigenvalue weighted by Gasteiger charge is 2.45. The molecule has 1 saturated carbocycles. The van der Waals surface area contributed by atoms with Crippen molar-refractivity contribution in [1.82, 2.24) is 25.1 Å². The van der Waals surface area contributed by atoms with Gasteiger partial charge in [0.25, 0.3) is 0 Å². The third-order valence-corrected chi connectivity index (χ3v) is 6.75. The van der Waals surface area contributed by atoms with Gasteiger partial charge in [0.05, 0.1) is 5.92 Å². The standard InChI is InChI=1S/C22H32N6O3/c1-2-3-4-10-28-20(30)17-7-6-16(15-18(17)25-22(28)31)19(29)26-11-13-27(14-12-26)21-23-8-5-9-24-21/h5,8-9,16-18H,2-4,6-7,10-15H2,1H3,(H,25,31). The average molecular weight is 429 g/mol. The van der Waals surface area contributed by atoms with E-state index in [0.29, 0.717) is 57.9 Å². The number of imide groups is 1. The third kappa shape index (κ3) is 4.65. The number of fused-ring (bicyclic) bond motifs is 1. The molecule has 0 bridgehead atoms. The fourth-order valence-electron chi connectivity index (χ4n) is 4.96. The Morgan fingerprint density at radius 2 is 1.84 bits per heavy atom. The molecule has 3 fully saturated rings. The topological polar surface area (TPSA) is 98.7 Å². The van der Waals surface area contributed by atoms with Crippen LogP contribution in [0.25, 0.3) is 0 Å². The van der Waals surface area contributed by atoms with Crippen LogP contribution >= 0.6 is 0 Å². The van der Waals surface area contributed by atoms with Gasteiger partial charge in [-0.05, 0) is 31.7 Å². The van der Waals surface area contributed by atoms with Crippen LogP contribution in [0.1, 0.15) is 45.4 Å². The van der Waals surface area contributed by atoms with Gasteiger partial charge in [0.1, 0.15) is 0 Å². The number of aromatic nitrogens is 2. The van der Waals surface area contributed by atoms with E-state index in [2.05, 4.69) is 27.1 Å². The minimum Gasteiger partial charge on any atom is -0.339 e. The number of carbonyl (C=O) groups excluding carboxylic acids is 3. The van der Waals surface area contributed by atoms with Gasteiger partial charge in [0.2, 0.25) is 17.8 Å². The molecule has 1 aliphatic carbocycles. The Balaban J connectivity index is 1.30. The van der Waals surface area contributed by atoms with Gasteiger partial charge in [-0.2, -0.15) is 0 Å². The molecular weight excluding hydrogens is 396 g/mol. The molecule has 31 heavy (non-hydrogen) atoms. The van der Waals surface area contributed by atoms with Gasteiger partial charge in [-0.1, -0.05) is 19.8 Å². The lowest BCUT2D eigenvalue weighted by Crippen LogP contribution is -2.62. The van der Waals surface area contributed by atoms with E-state index in [9.17, 15) is 14.4 Å². The second-order valence-corrected chi connectivity index (χ2v) is 8.73. The average Bonchev–Trinajstić information content (AvgIpc) is 2.81. The molecular formula is C22H32N6O3. The number of hydrogen-bond donors (Lipinski definition) is 1. The van der Waals surface area contributed by atoms with Crippen LogP contribution in [0.15, 0.2) is 18.5 Å². The first-order valence-corrected chi connectivity index (χ1v) is 11.5. The first kappa shape index (κ1) is 21.5. The van der Waals surface area contributed by atoms with Crippen molar-refractivity contribution >= 4 is 23.8 Å². The second-order valence-electron chi connectivity index (χ2n) is 8.73. The molecule has 3 unspecified atom stereocenters. The quantitative estimate of drug-likeness (QED) is 0.692. The van der Waals surface area contributed by atoms with Crippen molar-refractivity contribution in [3.63, 3.8) is 0 Å². The lowest BCUT2D eigenvalue weighted by atomic mass is 9.76. The van der Waals surface area contributed by atoms with Crippen molar-refractivity contribution in [1.29, 1.82) is 0 Å². The molecule has 168 valence electrons. The Bertz CT molecular complexity index is 796. The summed E-state index contributed by atoms with van der Waals surface area (Å²) in [7, 11) is 0. The fourth-order valence-corrected chi connectivity index (χ4v) is 4.96. The van der Waals surface area contributed by atoms with Crippen LogP contribution in [0, 0.1) is 11.8 Å². The molecule has 4 rings (SSSR count). The number of rotatable bonds is 6. The van der Waals surface area contributed by atoms with Crippen LogP contribution in [-0.2, 0) is 9.59 Å². The molecule has 2 saturated heterocycles. The zero-order valence-corrected chi connectivity index (χ0v) is 18.2. The van der Waals surface area contributed by atoms with Crippen LogP contribution in [-0.4, -0.2) is 76.4 Å². The fraction of sp³-hybridized carbons (Fsp3) is 0.682. The summed E-state index contributed by atoms with van der Waals surface area (Å²) in [4.78, 5) is 52.4. The minimum absolute atomic E-state index is 0.0628. The summed E-state index contributed by atoms with van der Waals surface area (Å²) in [5, 5.41) is 3.01. The van der Waals surface area contributed by atoms with E-state index in [4.69, 9.17) is 0 Å². The van der Waals surface area contributed by atoms with Crippen molar-refractivity contribution < 1.29 is 14.4 Å². The summed E-state index contributed by atoms with van der Waals surface area (Å²) in [5.74, 6) is 0.435. The summed E-state index contributed by atoms with van der Waals surface area (Å²) in [6.45, 7) is 5.27. The minimum atomic E-state index is -0.299. The summed E-state index contributed by atoms with van der Waals surface area (Å²) < 4.78 is 0. The molecule has 1 aromatic heterocycles. The van der Waals surface area contributed by atoms with Crippen LogP contribution in [0.5, 0.6) is 0 Å². The molecule has 4 amide bonds. The molecule has 0 spiro atoms. The molecule has 3 atom stereocenters. The molecule has 9 nitrogen and oxygen atoms in total. The van der Waals surface area contributed by atoms with Gasteiger partial charge < -0.3 is 15.1 Å². The second kappa shape index (κ2) is 9.62. The molecule has 1 aromatic rings. The zero-order valence-electron chi connectivity index (χ0n) is 18.2. The summed E-state index contributed by atoms with van der Waals surface area (Å²) in [6, 6.07) is 1.26. The van der Waals surface area contributed by atoms with Gasteiger partial charge in [-0.15, -0.1) is 0 Å². The number of nitrogens with zero attached hydrogens (tertiary/aromatic N) is 5. The Hall–Kier alpha value is -2.71. The van der Waals surface area contributed by atoms with E-state index >= 15 is 0 Å². The predicted octanol–water partition coefficient (Wildman–Crippen LogP) is 1.65. The number of anilines is 1. The number of carbonyl (C=O) groups is 3. The van der Waals surface area contributed by atoms with Gasteiger partial charge >= 0.3 is 6.03 Å². The highest BCUT2D eigenvalue weighted by atomic mass is 16.2. The maximum Gasteiger partial charge on any atom is 0.324 e. The van der Waals surface area contributed by atoms with E-state index < -0.39 is 0 Å². The van der Waals surface area contributed by atoms with Gasteiger partial charge in [-0.3, -0.25) is 14.5 Å². The SMILES string of the molecule is CCCCCN1C(=O)NC2CC(C(=O)N3CCN(c4ncccn4)CC3)CCC2C1=O. The third-order valence-electron chi connectivity index (χ3n) is 6.75. The lowest BCUT2D eigenvalue weighted by Gasteiger charge is -2.43. The van der Waals surface area contributed by atoms with Crippen LogP contribution in [0.4, 0.5) is 10.7 Å². The van der Waals surface area contributed by atoms with Crippen molar-refractivity contribution in [2.75, 3.05) is 37.6 Å². The van der Waals surface area contributed by atoms with Gasteiger partial charge in [0, 0.05) is 57.1 Å². The van der Waals surface area contributed by atoms with E-state index in [-0.39, 0.29) is 35.7 Å². The van der Waals surface area contributed by atoms with Crippen LogP contribution < -0.4 is 10.2 Å². The van der Waals surface area contributed by atoms with E-state index in [1.807, 2.05) is 4.90 Å². The first-order valence-electron chi connectivity index (χ1n) is 11.5. The highest BCUT2D eigenvalue weighted by Crippen LogP contribution is 2.34. The zero-order chi connectivity index (χ0) is 21.8. The molecule has 9 heteroatoms. The molecule has 2 aliphatic heterocycles. The Labute approximate surface area is 183 Å². The van der Waals surface area contributed by atoms with E-state index in [0.717, 1.165) is 19.3 Å². The Morgan fingerprint density at radius 1 is 1.10 bits per heavy atom. The number of nitrogens with one attached hydrogen (secondary N) is 1. The van der Waals surface area contributed by atoms with Crippen molar-refractivity contribution in [3.05, 3.63) is 18.5 Å². The molecule has 3 heterocycles. The molecule has 0 radical (unpaired) electrons. The molecule has 1 N–H and O–H groups in total. The molecule has 3 aliphatic rings. The molecule has 0 aromatic carbocycles. The van der Waals surface area contributed by atoms with Gasteiger partial charge in [0.15, 0.2) is 0 Å². The normalized spacial score (nSPS) is 26.5. The van der Waals surface area contributed by atoms with Crippen molar-refractivity contribution in [2.45, 2.75) is 51.5 Å². The number of piperazine rings is 1. The summed E-state index contributed by atoms with van der Waals surface area (Å²) >= 11 is 0. The monoisotopic (exact) mass is 428 g/mol. The summed E-state index contributed by atoms with van der Waals surface area (Å²) in [6.07, 6.45) is 8.25. The first-order chi connectivity index (χ1) is 15.1. The van der Waals surface area contributed by atoms with E-state index in [1.54, 1.807) is 18.5 Å². The summed E-state index contributed by atoms with van der Waals surface area (Å²) in [5.41, 5.74) is 0. The van der Waals surface area contributed by atoms with Crippen LogP contribution in [0.3, 0.4) is 0 Å². The smallest absolute Gasteiger partial charge is 0.324 e. The Morgan fingerprint density at radius 3 is 2.55 bits per heavy atom.